The second-order valence-corrected chi connectivity index (χ2v) is 12.5. The fourth-order valence-electron chi connectivity index (χ4n) is 4.82. The second kappa shape index (κ2) is 15.6. The number of carbonyl (C=O) groups is 5. The number of hydrogen-bond acceptors (Lipinski definition) is 8. The van der Waals surface area contributed by atoms with Gasteiger partial charge < -0.3 is 20.1 Å². The zero-order chi connectivity index (χ0) is 34.2. The third kappa shape index (κ3) is 8.20. The van der Waals surface area contributed by atoms with Gasteiger partial charge in [-0.2, -0.15) is 0 Å². The van der Waals surface area contributed by atoms with Gasteiger partial charge in [0.2, 0.25) is 11.8 Å². The lowest BCUT2D eigenvalue weighted by molar-refractivity contribution is -0.121. The minimum atomic E-state index is -0.692. The van der Waals surface area contributed by atoms with Gasteiger partial charge in [-0.3, -0.25) is 19.2 Å². The van der Waals surface area contributed by atoms with Crippen LogP contribution in [0.2, 0.25) is 0 Å². The molecule has 1 aliphatic heterocycles. The third-order valence-corrected chi connectivity index (χ3v) is 8.93. The van der Waals surface area contributed by atoms with Crippen molar-refractivity contribution in [1.29, 1.82) is 0 Å². The first kappa shape index (κ1) is 34.1. The van der Waals surface area contributed by atoms with Crippen molar-refractivity contribution in [3.05, 3.63) is 124 Å². The normalized spacial score (nSPS) is 14.4. The maximum absolute atomic E-state index is 13.6. The Hall–Kier alpha value is -5.20. The van der Waals surface area contributed by atoms with Gasteiger partial charge in [-0.1, -0.05) is 30.3 Å². The van der Waals surface area contributed by atoms with Gasteiger partial charge in [0.15, 0.2) is 0 Å². The maximum Gasteiger partial charge on any atom is 0.338 e. The van der Waals surface area contributed by atoms with Crippen LogP contribution in [0.1, 0.15) is 39.6 Å². The van der Waals surface area contributed by atoms with Crippen LogP contribution < -0.4 is 20.3 Å². The monoisotopic (exact) mass is 727 g/mol. The van der Waals surface area contributed by atoms with Crippen molar-refractivity contribution in [3.8, 4) is 5.75 Å². The summed E-state index contributed by atoms with van der Waals surface area (Å²) < 4.78 is 11.0. The van der Waals surface area contributed by atoms with Crippen molar-refractivity contribution < 1.29 is 33.4 Å². The van der Waals surface area contributed by atoms with E-state index in [2.05, 4.69) is 26.6 Å². The molecule has 0 aromatic heterocycles. The van der Waals surface area contributed by atoms with Crippen LogP contribution >= 0.6 is 27.7 Å². The molecule has 1 aliphatic rings. The average molecular weight is 729 g/mol. The molecule has 244 valence electrons. The van der Waals surface area contributed by atoms with Crippen LogP contribution in [0.5, 0.6) is 5.75 Å². The van der Waals surface area contributed by atoms with Gasteiger partial charge in [0.25, 0.3) is 11.8 Å². The van der Waals surface area contributed by atoms with Crippen LogP contribution in [0.25, 0.3) is 6.08 Å². The van der Waals surface area contributed by atoms with Gasteiger partial charge in [-0.05, 0) is 101 Å². The molecule has 1 atom stereocenters. The Kier molecular flexibility index (Phi) is 11.1. The molecule has 1 heterocycles. The van der Waals surface area contributed by atoms with Gasteiger partial charge in [-0.15, -0.1) is 11.8 Å². The van der Waals surface area contributed by atoms with Crippen LogP contribution in [0.3, 0.4) is 0 Å². The minimum absolute atomic E-state index is 0.000149. The summed E-state index contributed by atoms with van der Waals surface area (Å²) in [5.41, 5.74) is 2.12. The quantitative estimate of drug-likeness (QED) is 0.102. The van der Waals surface area contributed by atoms with E-state index in [1.165, 1.54) is 36.0 Å². The predicted octanol–water partition coefficient (Wildman–Crippen LogP) is 6.47. The highest BCUT2D eigenvalue weighted by Gasteiger charge is 2.40. The van der Waals surface area contributed by atoms with Crippen molar-refractivity contribution in [3.63, 3.8) is 0 Å². The Balaban J connectivity index is 1.31. The lowest BCUT2D eigenvalue weighted by atomic mass is 10.1. The van der Waals surface area contributed by atoms with Crippen molar-refractivity contribution in [2.24, 2.45) is 0 Å². The molecule has 0 radical (unpaired) electrons. The highest BCUT2D eigenvalue weighted by Crippen LogP contribution is 2.35. The Bertz CT molecular complexity index is 1900. The number of esters is 1. The summed E-state index contributed by atoms with van der Waals surface area (Å²) in [6, 6.07) is 26.8. The summed E-state index contributed by atoms with van der Waals surface area (Å²) >= 11 is 4.65. The first-order chi connectivity index (χ1) is 23.2. The number of methoxy groups -OCH3 is 1. The van der Waals surface area contributed by atoms with E-state index in [9.17, 15) is 24.0 Å². The predicted molar refractivity (Wildman–Crippen MR) is 187 cm³/mol. The number of nitrogens with zero attached hydrogens (tertiary/aromatic N) is 1. The Labute approximate surface area is 289 Å². The number of anilines is 2. The summed E-state index contributed by atoms with van der Waals surface area (Å²) in [5, 5.41) is 4.85. The molecular weight excluding hydrogens is 698 g/mol. The lowest BCUT2D eigenvalue weighted by Gasteiger charge is -2.16. The van der Waals surface area contributed by atoms with E-state index in [4.69, 9.17) is 9.47 Å². The van der Waals surface area contributed by atoms with Crippen molar-refractivity contribution in [1.82, 2.24) is 5.32 Å². The SMILES string of the molecule is CCOC(=O)c1ccc(N2C(=O)CC(Sc3cccc(NC(=O)/C(=C/c4ccc(OC)c(Br)c4)NC(=O)c4ccccc4)c3)C2=O)cc1. The highest BCUT2D eigenvalue weighted by molar-refractivity contribution is 9.10. The number of hydrogen-bond donors (Lipinski definition) is 2. The van der Waals surface area contributed by atoms with E-state index >= 15 is 0 Å². The molecule has 4 aromatic carbocycles. The largest absolute Gasteiger partial charge is 0.496 e. The molecule has 0 bridgehead atoms. The van der Waals surface area contributed by atoms with E-state index in [-0.39, 0.29) is 30.5 Å². The van der Waals surface area contributed by atoms with E-state index in [0.717, 1.165) is 4.90 Å². The number of halogens is 1. The number of thioether (sulfide) groups is 1. The summed E-state index contributed by atoms with van der Waals surface area (Å²) in [4.78, 5) is 66.6. The van der Waals surface area contributed by atoms with Gasteiger partial charge in [-0.25, -0.2) is 9.69 Å². The lowest BCUT2D eigenvalue weighted by Crippen LogP contribution is -2.31. The molecule has 0 saturated carbocycles. The summed E-state index contributed by atoms with van der Waals surface area (Å²) in [5.74, 6) is -1.66. The zero-order valence-electron chi connectivity index (χ0n) is 25.9. The molecule has 4 amide bonds. The Morgan fingerprint density at radius 1 is 0.938 bits per heavy atom. The third-order valence-electron chi connectivity index (χ3n) is 7.13. The van der Waals surface area contributed by atoms with E-state index in [1.807, 2.05) is 0 Å². The molecule has 4 aromatic rings. The van der Waals surface area contributed by atoms with Crippen LogP contribution in [-0.4, -0.2) is 48.6 Å². The molecule has 1 fully saturated rings. The summed E-state index contributed by atoms with van der Waals surface area (Å²) in [7, 11) is 1.55. The number of carbonyl (C=O) groups excluding carboxylic acids is 5. The second-order valence-electron chi connectivity index (χ2n) is 10.4. The molecular formula is C36H30BrN3O7S. The van der Waals surface area contributed by atoms with E-state index in [1.54, 1.807) is 92.9 Å². The van der Waals surface area contributed by atoms with Crippen molar-refractivity contribution in [2.75, 3.05) is 23.9 Å². The fraction of sp³-hybridized carbons (Fsp3) is 0.139. The van der Waals surface area contributed by atoms with Gasteiger partial charge >= 0.3 is 5.97 Å². The molecule has 0 aliphatic carbocycles. The fourth-order valence-corrected chi connectivity index (χ4v) is 6.49. The van der Waals surface area contributed by atoms with Crippen molar-refractivity contribution >= 4 is 74.7 Å². The molecule has 1 saturated heterocycles. The van der Waals surface area contributed by atoms with Crippen LogP contribution in [0.4, 0.5) is 11.4 Å². The Morgan fingerprint density at radius 3 is 2.38 bits per heavy atom. The maximum atomic E-state index is 13.6. The van der Waals surface area contributed by atoms with E-state index in [0.29, 0.717) is 43.2 Å². The molecule has 10 nitrogen and oxygen atoms in total. The van der Waals surface area contributed by atoms with E-state index < -0.39 is 23.0 Å². The minimum Gasteiger partial charge on any atom is -0.496 e. The standard InChI is InChI=1S/C36H30BrN3O7S/c1-3-47-36(45)24-13-15-26(16-14-24)40-32(41)21-31(35(40)44)48-27-11-7-10-25(20-27)38-34(43)29(39-33(42)23-8-5-4-6-9-23)19-22-12-17-30(46-2)28(37)18-22/h4-20,31H,3,21H2,1-2H3,(H,38,43)(H,39,42)/b29-19-. The average Bonchev–Trinajstić information content (AvgIpc) is 3.36. The Morgan fingerprint density at radius 2 is 1.69 bits per heavy atom. The number of rotatable bonds is 11. The van der Waals surface area contributed by atoms with Gasteiger partial charge in [0, 0.05) is 22.6 Å². The summed E-state index contributed by atoms with van der Waals surface area (Å²) in [6.45, 7) is 1.94. The zero-order valence-corrected chi connectivity index (χ0v) is 28.3. The molecule has 0 spiro atoms. The molecule has 2 N–H and O–H groups in total. The smallest absolute Gasteiger partial charge is 0.338 e. The van der Waals surface area contributed by atoms with Gasteiger partial charge in [0.05, 0.1) is 34.7 Å². The van der Waals surface area contributed by atoms with Crippen molar-refractivity contribution in [2.45, 2.75) is 23.5 Å². The topological polar surface area (TPSA) is 131 Å². The molecule has 5 rings (SSSR count). The van der Waals surface area contributed by atoms with Crippen LogP contribution in [0.15, 0.2) is 112 Å². The molecule has 12 heteroatoms. The first-order valence-corrected chi connectivity index (χ1v) is 16.5. The number of imide groups is 1. The summed E-state index contributed by atoms with van der Waals surface area (Å²) in [6.07, 6.45) is 1.53. The number of ether oxygens (including phenoxy) is 2. The number of benzene rings is 4. The van der Waals surface area contributed by atoms with Gasteiger partial charge in [0.1, 0.15) is 11.4 Å². The van der Waals surface area contributed by atoms with Crippen LogP contribution in [0, 0.1) is 0 Å². The first-order valence-electron chi connectivity index (χ1n) is 14.8. The van der Waals surface area contributed by atoms with Crippen LogP contribution in [-0.2, 0) is 19.1 Å². The number of amides is 4. The number of nitrogens with one attached hydrogen (secondary N) is 2. The highest BCUT2D eigenvalue weighted by atomic mass is 79.9. The molecule has 48 heavy (non-hydrogen) atoms. The molecule has 1 unspecified atom stereocenters.